The first-order chi connectivity index (χ1) is 9.63. The van der Waals surface area contributed by atoms with Crippen LogP contribution < -0.4 is 19.9 Å². The summed E-state index contributed by atoms with van der Waals surface area (Å²) < 4.78 is 16.3. The van der Waals surface area contributed by atoms with E-state index in [4.69, 9.17) is 19.9 Å². The van der Waals surface area contributed by atoms with Crippen molar-refractivity contribution in [1.82, 2.24) is 0 Å². The van der Waals surface area contributed by atoms with Crippen molar-refractivity contribution in [2.45, 2.75) is 13.5 Å². The van der Waals surface area contributed by atoms with Crippen LogP contribution in [0.15, 0.2) is 36.4 Å². The fourth-order valence-electron chi connectivity index (χ4n) is 1.90. The SMILES string of the molecule is COc1cc(C)c(COc2ccc(N)cc2)cc1OC. The molecule has 0 bridgehead atoms. The highest BCUT2D eigenvalue weighted by atomic mass is 16.5. The van der Waals surface area contributed by atoms with E-state index in [1.54, 1.807) is 14.2 Å². The summed E-state index contributed by atoms with van der Waals surface area (Å²) in [5.41, 5.74) is 8.51. The number of methoxy groups -OCH3 is 2. The van der Waals surface area contributed by atoms with Gasteiger partial charge in [-0.15, -0.1) is 0 Å². The second-order valence-corrected chi connectivity index (χ2v) is 4.49. The lowest BCUT2D eigenvalue weighted by Crippen LogP contribution is -2.00. The van der Waals surface area contributed by atoms with Gasteiger partial charge < -0.3 is 19.9 Å². The summed E-state index contributed by atoms with van der Waals surface area (Å²) in [5, 5.41) is 0. The highest BCUT2D eigenvalue weighted by molar-refractivity contribution is 5.47. The summed E-state index contributed by atoms with van der Waals surface area (Å²) >= 11 is 0. The van der Waals surface area contributed by atoms with E-state index < -0.39 is 0 Å². The standard InChI is InChI=1S/C16H19NO3/c1-11-8-15(18-2)16(19-3)9-12(11)10-20-14-6-4-13(17)5-7-14/h4-9H,10,17H2,1-3H3. The Bertz CT molecular complexity index is 579. The van der Waals surface area contributed by atoms with E-state index in [-0.39, 0.29) is 0 Å². The Morgan fingerprint density at radius 1 is 0.950 bits per heavy atom. The van der Waals surface area contributed by atoms with Gasteiger partial charge in [-0.05, 0) is 54.4 Å². The lowest BCUT2D eigenvalue weighted by atomic mass is 10.1. The van der Waals surface area contributed by atoms with Crippen LogP contribution in [0.3, 0.4) is 0 Å². The van der Waals surface area contributed by atoms with Gasteiger partial charge in [-0.25, -0.2) is 0 Å². The van der Waals surface area contributed by atoms with E-state index in [0.717, 1.165) is 28.3 Å². The highest BCUT2D eigenvalue weighted by Crippen LogP contribution is 2.30. The van der Waals surface area contributed by atoms with Gasteiger partial charge in [-0.2, -0.15) is 0 Å². The molecule has 4 heteroatoms. The molecule has 0 fully saturated rings. The third-order valence-corrected chi connectivity index (χ3v) is 3.12. The predicted octanol–water partition coefficient (Wildman–Crippen LogP) is 3.17. The van der Waals surface area contributed by atoms with E-state index >= 15 is 0 Å². The van der Waals surface area contributed by atoms with Crippen molar-refractivity contribution in [1.29, 1.82) is 0 Å². The second kappa shape index (κ2) is 6.19. The Hall–Kier alpha value is -2.36. The molecule has 0 aliphatic rings. The topological polar surface area (TPSA) is 53.7 Å². The third-order valence-electron chi connectivity index (χ3n) is 3.12. The van der Waals surface area contributed by atoms with Crippen molar-refractivity contribution < 1.29 is 14.2 Å². The summed E-state index contributed by atoms with van der Waals surface area (Å²) in [7, 11) is 3.25. The molecule has 2 rings (SSSR count). The first kappa shape index (κ1) is 14.1. The largest absolute Gasteiger partial charge is 0.493 e. The lowest BCUT2D eigenvalue weighted by molar-refractivity contribution is 0.303. The van der Waals surface area contributed by atoms with Crippen LogP contribution in [0.1, 0.15) is 11.1 Å². The Kier molecular flexibility index (Phi) is 4.35. The van der Waals surface area contributed by atoms with Crippen molar-refractivity contribution in [3.05, 3.63) is 47.5 Å². The van der Waals surface area contributed by atoms with Crippen LogP contribution in [0.4, 0.5) is 5.69 Å². The quantitative estimate of drug-likeness (QED) is 0.850. The zero-order valence-corrected chi connectivity index (χ0v) is 12.0. The van der Waals surface area contributed by atoms with Gasteiger partial charge in [0, 0.05) is 5.69 Å². The molecule has 0 aliphatic carbocycles. The number of nitrogens with two attached hydrogens (primary N) is 1. The molecule has 2 aromatic rings. The molecule has 0 unspecified atom stereocenters. The molecule has 0 saturated heterocycles. The van der Waals surface area contributed by atoms with Gasteiger partial charge >= 0.3 is 0 Å². The van der Waals surface area contributed by atoms with Crippen LogP contribution in [0.2, 0.25) is 0 Å². The summed E-state index contributed by atoms with van der Waals surface area (Å²) in [6.45, 7) is 2.49. The number of nitrogen functional groups attached to an aromatic ring is 1. The van der Waals surface area contributed by atoms with Gasteiger partial charge in [0.15, 0.2) is 11.5 Å². The molecule has 0 amide bonds. The molecular formula is C16H19NO3. The minimum Gasteiger partial charge on any atom is -0.493 e. The van der Waals surface area contributed by atoms with Crippen molar-refractivity contribution >= 4 is 5.69 Å². The monoisotopic (exact) mass is 273 g/mol. The van der Waals surface area contributed by atoms with Crippen LogP contribution in [0.5, 0.6) is 17.2 Å². The predicted molar refractivity (Wildman–Crippen MR) is 79.5 cm³/mol. The smallest absolute Gasteiger partial charge is 0.161 e. The molecule has 106 valence electrons. The van der Waals surface area contributed by atoms with E-state index in [9.17, 15) is 0 Å². The maximum Gasteiger partial charge on any atom is 0.161 e. The normalized spacial score (nSPS) is 10.2. The van der Waals surface area contributed by atoms with Crippen LogP contribution in [0.25, 0.3) is 0 Å². The minimum atomic E-state index is 0.468. The van der Waals surface area contributed by atoms with Gasteiger partial charge in [0.2, 0.25) is 0 Å². The van der Waals surface area contributed by atoms with Crippen molar-refractivity contribution in [2.24, 2.45) is 0 Å². The van der Waals surface area contributed by atoms with Gasteiger partial charge in [0.1, 0.15) is 12.4 Å². The summed E-state index contributed by atoms with van der Waals surface area (Å²) in [4.78, 5) is 0. The minimum absolute atomic E-state index is 0.468. The molecule has 0 aromatic heterocycles. The summed E-state index contributed by atoms with van der Waals surface area (Å²) in [6.07, 6.45) is 0. The number of anilines is 1. The molecule has 0 saturated carbocycles. The van der Waals surface area contributed by atoms with Crippen molar-refractivity contribution in [2.75, 3.05) is 20.0 Å². The highest BCUT2D eigenvalue weighted by Gasteiger charge is 2.09. The third kappa shape index (κ3) is 3.15. The summed E-state index contributed by atoms with van der Waals surface area (Å²) in [5.74, 6) is 2.21. The number of rotatable bonds is 5. The van der Waals surface area contributed by atoms with Crippen molar-refractivity contribution in [3.63, 3.8) is 0 Å². The van der Waals surface area contributed by atoms with Crippen LogP contribution >= 0.6 is 0 Å². The molecule has 2 N–H and O–H groups in total. The summed E-state index contributed by atoms with van der Waals surface area (Å²) in [6, 6.07) is 11.2. The van der Waals surface area contributed by atoms with E-state index in [1.165, 1.54) is 0 Å². The van der Waals surface area contributed by atoms with Crippen LogP contribution in [-0.4, -0.2) is 14.2 Å². The molecule has 0 aliphatic heterocycles. The average Bonchev–Trinajstić information content (AvgIpc) is 2.47. The van der Waals surface area contributed by atoms with E-state index in [0.29, 0.717) is 12.4 Å². The molecule has 4 nitrogen and oxygen atoms in total. The average molecular weight is 273 g/mol. The fraction of sp³-hybridized carbons (Fsp3) is 0.250. The van der Waals surface area contributed by atoms with E-state index in [1.807, 2.05) is 43.3 Å². The molecule has 0 radical (unpaired) electrons. The zero-order valence-electron chi connectivity index (χ0n) is 12.0. The molecule has 20 heavy (non-hydrogen) atoms. The first-order valence-corrected chi connectivity index (χ1v) is 6.34. The number of hydrogen-bond donors (Lipinski definition) is 1. The van der Waals surface area contributed by atoms with Gasteiger partial charge in [-0.1, -0.05) is 0 Å². The van der Waals surface area contributed by atoms with Gasteiger partial charge in [-0.3, -0.25) is 0 Å². The number of benzene rings is 2. The number of hydrogen-bond acceptors (Lipinski definition) is 4. The van der Waals surface area contributed by atoms with Crippen LogP contribution in [-0.2, 0) is 6.61 Å². The maximum atomic E-state index is 5.75. The Morgan fingerprint density at radius 2 is 1.55 bits per heavy atom. The Balaban J connectivity index is 2.14. The molecule has 0 heterocycles. The first-order valence-electron chi connectivity index (χ1n) is 6.34. The second-order valence-electron chi connectivity index (χ2n) is 4.49. The molecule has 0 spiro atoms. The molecule has 0 atom stereocenters. The fourth-order valence-corrected chi connectivity index (χ4v) is 1.90. The molecule has 2 aromatic carbocycles. The van der Waals surface area contributed by atoms with Crippen molar-refractivity contribution in [3.8, 4) is 17.2 Å². The van der Waals surface area contributed by atoms with E-state index in [2.05, 4.69) is 0 Å². The van der Waals surface area contributed by atoms with Gasteiger partial charge in [0.25, 0.3) is 0 Å². The lowest BCUT2D eigenvalue weighted by Gasteiger charge is -2.13. The Labute approximate surface area is 119 Å². The van der Waals surface area contributed by atoms with Gasteiger partial charge in [0.05, 0.1) is 14.2 Å². The number of ether oxygens (including phenoxy) is 3. The maximum absolute atomic E-state index is 5.75. The van der Waals surface area contributed by atoms with Crippen LogP contribution in [0, 0.1) is 6.92 Å². The zero-order chi connectivity index (χ0) is 14.5. The molecular weight excluding hydrogens is 254 g/mol. The number of aryl methyl sites for hydroxylation is 1. The Morgan fingerprint density at radius 3 is 2.15 bits per heavy atom.